The highest BCUT2D eigenvalue weighted by atomic mass is 16.5. The topological polar surface area (TPSA) is 12.5 Å². The van der Waals surface area contributed by atoms with Crippen LogP contribution in [0, 0.1) is 0 Å². The van der Waals surface area contributed by atoms with Crippen LogP contribution in [0.25, 0.3) is 0 Å². The summed E-state index contributed by atoms with van der Waals surface area (Å²) in [4.78, 5) is 2.25. The van der Waals surface area contributed by atoms with E-state index in [0.29, 0.717) is 0 Å². The molecular weight excluding hydrogens is 332 g/mol. The molecule has 0 radical (unpaired) electrons. The molecule has 0 aliphatic rings. The average Bonchev–Trinajstić information content (AvgIpc) is 2.67. The summed E-state index contributed by atoms with van der Waals surface area (Å²) >= 11 is 0. The highest BCUT2D eigenvalue weighted by molar-refractivity contribution is 5.76. The van der Waals surface area contributed by atoms with Gasteiger partial charge in [0.1, 0.15) is 5.75 Å². The highest BCUT2D eigenvalue weighted by Gasteiger charge is 2.12. The van der Waals surface area contributed by atoms with Crippen LogP contribution in [-0.4, -0.2) is 38.8 Å². The fourth-order valence-electron chi connectivity index (χ4n) is 3.04. The first-order valence-corrected chi connectivity index (χ1v) is 9.46. The molecule has 3 nitrogen and oxygen atoms in total. The Bertz CT molecular complexity index is 786. The number of rotatable bonds is 8. The van der Waals surface area contributed by atoms with Crippen molar-refractivity contribution < 1.29 is 9.22 Å². The normalized spacial score (nSPS) is 11.2. The second-order valence-electron chi connectivity index (χ2n) is 7.72. The van der Waals surface area contributed by atoms with E-state index in [4.69, 9.17) is 4.74 Å². The van der Waals surface area contributed by atoms with Crippen LogP contribution in [0.5, 0.6) is 5.75 Å². The molecule has 0 aromatic heterocycles. The maximum Gasteiger partial charge on any atom is 0.121 e. The number of ether oxygens (including phenoxy) is 1. The van der Waals surface area contributed by atoms with Crippen molar-refractivity contribution in [3.63, 3.8) is 0 Å². The molecule has 140 valence electrons. The maximum atomic E-state index is 6.03. The summed E-state index contributed by atoms with van der Waals surface area (Å²) in [5.41, 5.74) is 3.35. The summed E-state index contributed by atoms with van der Waals surface area (Å²) < 4.78 is 6.98. The van der Waals surface area contributed by atoms with Gasteiger partial charge < -0.3 is 14.1 Å². The van der Waals surface area contributed by atoms with Crippen molar-refractivity contribution in [3.8, 4) is 5.75 Å². The predicted molar refractivity (Wildman–Crippen MR) is 114 cm³/mol. The van der Waals surface area contributed by atoms with E-state index >= 15 is 0 Å². The Morgan fingerprint density at radius 1 is 0.704 bits per heavy atom. The van der Waals surface area contributed by atoms with Crippen LogP contribution in [0.3, 0.4) is 0 Å². The summed E-state index contributed by atoms with van der Waals surface area (Å²) in [6.45, 7) is 1.83. The van der Waals surface area contributed by atoms with Crippen molar-refractivity contribution >= 4 is 17.1 Å². The molecule has 27 heavy (non-hydrogen) atoms. The smallest absolute Gasteiger partial charge is 0.121 e. The molecule has 3 aromatic carbocycles. The van der Waals surface area contributed by atoms with Crippen molar-refractivity contribution in [2.24, 2.45) is 0 Å². The van der Waals surface area contributed by atoms with Crippen LogP contribution in [-0.2, 0) is 0 Å². The minimum Gasteiger partial charge on any atom is -0.493 e. The van der Waals surface area contributed by atoms with Gasteiger partial charge >= 0.3 is 0 Å². The number of anilines is 3. The second-order valence-corrected chi connectivity index (χ2v) is 7.72. The monoisotopic (exact) mass is 361 g/mol. The van der Waals surface area contributed by atoms with Gasteiger partial charge in [-0.2, -0.15) is 0 Å². The Morgan fingerprint density at radius 2 is 1.26 bits per heavy atom. The molecule has 0 amide bonds. The number of nitrogens with zero attached hydrogens (tertiary/aromatic N) is 2. The SMILES string of the molecule is C[N+](C)(C)CCCOc1cccc(N(c2ccccc2)c2ccccc2)c1. The van der Waals surface area contributed by atoms with Crippen molar-refractivity contribution in [1.82, 2.24) is 0 Å². The summed E-state index contributed by atoms with van der Waals surface area (Å²) in [6, 6.07) is 29.2. The van der Waals surface area contributed by atoms with Gasteiger partial charge in [-0.25, -0.2) is 0 Å². The van der Waals surface area contributed by atoms with Crippen LogP contribution in [0.1, 0.15) is 6.42 Å². The third kappa shape index (κ3) is 5.60. The van der Waals surface area contributed by atoms with E-state index in [9.17, 15) is 0 Å². The summed E-state index contributed by atoms with van der Waals surface area (Å²) in [7, 11) is 6.62. The lowest BCUT2D eigenvalue weighted by Crippen LogP contribution is -2.35. The average molecular weight is 362 g/mol. The van der Waals surface area contributed by atoms with Crippen LogP contribution in [0.15, 0.2) is 84.9 Å². The number of hydrogen-bond donors (Lipinski definition) is 0. The first kappa shape index (κ1) is 19.0. The second kappa shape index (κ2) is 8.74. The molecular formula is C24H29N2O+. The van der Waals surface area contributed by atoms with E-state index in [1.165, 1.54) is 0 Å². The Balaban J connectivity index is 1.81. The van der Waals surface area contributed by atoms with Gasteiger partial charge in [0.15, 0.2) is 0 Å². The number of para-hydroxylation sites is 2. The third-order valence-corrected chi connectivity index (χ3v) is 4.35. The summed E-state index contributed by atoms with van der Waals surface area (Å²) in [6.07, 6.45) is 1.04. The van der Waals surface area contributed by atoms with E-state index in [-0.39, 0.29) is 0 Å². The van der Waals surface area contributed by atoms with Crippen LogP contribution in [0.4, 0.5) is 17.1 Å². The van der Waals surface area contributed by atoms with Crippen LogP contribution < -0.4 is 9.64 Å². The Hall–Kier alpha value is -2.78. The van der Waals surface area contributed by atoms with Gasteiger partial charge in [-0.3, -0.25) is 0 Å². The molecule has 0 N–H and O–H groups in total. The summed E-state index contributed by atoms with van der Waals surface area (Å²) in [5, 5.41) is 0. The van der Waals surface area contributed by atoms with Crippen LogP contribution in [0.2, 0.25) is 0 Å². The molecule has 0 aliphatic heterocycles. The van der Waals surface area contributed by atoms with E-state index < -0.39 is 0 Å². The zero-order valence-corrected chi connectivity index (χ0v) is 16.5. The van der Waals surface area contributed by atoms with Gasteiger partial charge in [-0.1, -0.05) is 42.5 Å². The van der Waals surface area contributed by atoms with Gasteiger partial charge in [0.05, 0.1) is 34.3 Å². The summed E-state index contributed by atoms with van der Waals surface area (Å²) in [5.74, 6) is 0.908. The van der Waals surface area contributed by atoms with Crippen molar-refractivity contribution in [3.05, 3.63) is 84.9 Å². The first-order valence-electron chi connectivity index (χ1n) is 9.46. The molecule has 3 rings (SSSR count). The quantitative estimate of drug-likeness (QED) is 0.381. The van der Waals surface area contributed by atoms with E-state index in [1.807, 2.05) is 18.2 Å². The fourth-order valence-corrected chi connectivity index (χ4v) is 3.04. The molecule has 0 spiro atoms. The lowest BCUT2D eigenvalue weighted by atomic mass is 10.2. The van der Waals surface area contributed by atoms with Crippen molar-refractivity contribution in [2.45, 2.75) is 6.42 Å². The van der Waals surface area contributed by atoms with E-state index in [2.05, 4.69) is 92.8 Å². The Labute approximate surface area is 163 Å². The van der Waals surface area contributed by atoms with Crippen molar-refractivity contribution in [1.29, 1.82) is 0 Å². The maximum absolute atomic E-state index is 6.03. The minimum atomic E-state index is 0.732. The lowest BCUT2D eigenvalue weighted by molar-refractivity contribution is -0.870. The Kier molecular flexibility index (Phi) is 6.15. The molecule has 0 fully saturated rings. The molecule has 0 unspecified atom stereocenters. The number of benzene rings is 3. The van der Waals surface area contributed by atoms with Gasteiger partial charge in [-0.15, -0.1) is 0 Å². The number of hydrogen-bond acceptors (Lipinski definition) is 2. The predicted octanol–water partition coefficient (Wildman–Crippen LogP) is 5.63. The van der Waals surface area contributed by atoms with E-state index in [1.54, 1.807) is 0 Å². The zero-order chi connectivity index (χ0) is 19.1. The molecule has 0 bridgehead atoms. The highest BCUT2D eigenvalue weighted by Crippen LogP contribution is 2.35. The molecule has 3 aromatic rings. The van der Waals surface area contributed by atoms with Crippen LogP contribution >= 0.6 is 0 Å². The molecule has 0 atom stereocenters. The fraction of sp³-hybridized carbons (Fsp3) is 0.250. The van der Waals surface area contributed by atoms with Gasteiger partial charge in [0.2, 0.25) is 0 Å². The zero-order valence-electron chi connectivity index (χ0n) is 16.5. The molecule has 0 aliphatic carbocycles. The third-order valence-electron chi connectivity index (χ3n) is 4.35. The number of quaternary nitrogens is 1. The standard InChI is InChI=1S/C24H29N2O/c1-26(2,3)18-11-19-27-24-17-10-16-23(20-24)25(21-12-6-4-7-13-21)22-14-8-5-9-15-22/h4-10,12-17,20H,11,18-19H2,1-3H3/q+1. The first-order chi connectivity index (χ1) is 13.0. The van der Waals surface area contributed by atoms with Gasteiger partial charge in [0.25, 0.3) is 0 Å². The minimum absolute atomic E-state index is 0.732. The molecule has 3 heteroatoms. The van der Waals surface area contributed by atoms with Crippen molar-refractivity contribution in [2.75, 3.05) is 39.2 Å². The van der Waals surface area contributed by atoms with E-state index in [0.717, 1.165) is 46.9 Å². The van der Waals surface area contributed by atoms with Gasteiger partial charge in [0, 0.05) is 29.5 Å². The Morgan fingerprint density at radius 3 is 1.81 bits per heavy atom. The van der Waals surface area contributed by atoms with Gasteiger partial charge in [-0.05, 0) is 36.4 Å². The molecule has 0 heterocycles. The molecule has 0 saturated carbocycles. The lowest BCUT2D eigenvalue weighted by Gasteiger charge is -2.26. The largest absolute Gasteiger partial charge is 0.493 e. The molecule has 0 saturated heterocycles.